The van der Waals surface area contributed by atoms with Crippen LogP contribution in [-0.2, 0) is 4.79 Å². The van der Waals surface area contributed by atoms with E-state index in [2.05, 4.69) is 20.4 Å². The highest BCUT2D eigenvalue weighted by molar-refractivity contribution is 5.87. The lowest BCUT2D eigenvalue weighted by atomic mass is 10.2. The molecule has 0 aliphatic heterocycles. The fraction of sp³-hybridized carbons (Fsp3) is 0.455. The van der Waals surface area contributed by atoms with Crippen LogP contribution in [-0.4, -0.2) is 32.2 Å². The SMILES string of the molecule is Cc1noc2ncnc(NC(C)CCC(=O)O)c12. The van der Waals surface area contributed by atoms with E-state index in [1.54, 1.807) is 0 Å². The highest BCUT2D eigenvalue weighted by Crippen LogP contribution is 2.23. The van der Waals surface area contributed by atoms with Crippen molar-refractivity contribution < 1.29 is 14.4 Å². The number of nitrogens with zero attached hydrogens (tertiary/aromatic N) is 3. The largest absolute Gasteiger partial charge is 0.481 e. The third kappa shape index (κ3) is 2.55. The molecule has 0 fully saturated rings. The first-order valence-electron chi connectivity index (χ1n) is 5.63. The number of rotatable bonds is 5. The molecule has 0 aromatic carbocycles. The minimum atomic E-state index is -0.808. The van der Waals surface area contributed by atoms with Crippen LogP contribution in [0.4, 0.5) is 5.82 Å². The summed E-state index contributed by atoms with van der Waals surface area (Å²) in [6.07, 6.45) is 2.02. The Morgan fingerprint density at radius 3 is 3.06 bits per heavy atom. The lowest BCUT2D eigenvalue weighted by Crippen LogP contribution is -2.17. The zero-order valence-electron chi connectivity index (χ0n) is 10.2. The molecule has 1 atom stereocenters. The maximum absolute atomic E-state index is 10.5. The van der Waals surface area contributed by atoms with E-state index in [1.807, 2.05) is 13.8 Å². The lowest BCUT2D eigenvalue weighted by molar-refractivity contribution is -0.137. The first-order valence-corrected chi connectivity index (χ1v) is 5.63. The van der Waals surface area contributed by atoms with E-state index in [0.29, 0.717) is 23.6 Å². The molecule has 0 saturated carbocycles. The Hall–Kier alpha value is -2.18. The number of hydrogen-bond donors (Lipinski definition) is 2. The van der Waals surface area contributed by atoms with Crippen LogP contribution in [0, 0.1) is 6.92 Å². The topological polar surface area (TPSA) is 101 Å². The van der Waals surface area contributed by atoms with E-state index < -0.39 is 5.97 Å². The van der Waals surface area contributed by atoms with E-state index in [-0.39, 0.29) is 12.5 Å². The molecule has 2 aromatic rings. The predicted molar refractivity (Wildman–Crippen MR) is 64.3 cm³/mol. The number of carbonyl (C=O) groups is 1. The zero-order chi connectivity index (χ0) is 13.1. The summed E-state index contributed by atoms with van der Waals surface area (Å²) >= 11 is 0. The number of aromatic nitrogens is 3. The number of carboxylic acid groups (broad SMARTS) is 1. The molecular formula is C11H14N4O3. The summed E-state index contributed by atoms with van der Waals surface area (Å²) < 4.78 is 5.03. The van der Waals surface area contributed by atoms with Gasteiger partial charge in [0.1, 0.15) is 17.5 Å². The van der Waals surface area contributed by atoms with E-state index in [0.717, 1.165) is 5.39 Å². The molecule has 2 aromatic heterocycles. The predicted octanol–water partition coefficient (Wildman–Crippen LogP) is 1.59. The number of nitrogens with one attached hydrogen (secondary N) is 1. The highest BCUT2D eigenvalue weighted by atomic mass is 16.5. The van der Waals surface area contributed by atoms with Gasteiger partial charge in [0.25, 0.3) is 5.71 Å². The number of aryl methyl sites for hydroxylation is 1. The second-order valence-corrected chi connectivity index (χ2v) is 4.15. The fourth-order valence-corrected chi connectivity index (χ4v) is 1.68. The van der Waals surface area contributed by atoms with Crippen molar-refractivity contribution in [3.05, 3.63) is 12.0 Å². The highest BCUT2D eigenvalue weighted by Gasteiger charge is 2.14. The Morgan fingerprint density at radius 1 is 1.56 bits per heavy atom. The Bertz CT molecular complexity index is 566. The summed E-state index contributed by atoms with van der Waals surface area (Å²) in [5.41, 5.74) is 1.13. The fourth-order valence-electron chi connectivity index (χ4n) is 1.68. The van der Waals surface area contributed by atoms with E-state index in [9.17, 15) is 4.79 Å². The number of carboxylic acids is 1. The molecule has 2 N–H and O–H groups in total. The van der Waals surface area contributed by atoms with Crippen LogP contribution in [0.25, 0.3) is 11.1 Å². The number of aliphatic carboxylic acids is 1. The van der Waals surface area contributed by atoms with Gasteiger partial charge in [-0.2, -0.15) is 4.98 Å². The molecule has 7 heteroatoms. The van der Waals surface area contributed by atoms with Crippen molar-refractivity contribution in [2.75, 3.05) is 5.32 Å². The molecule has 0 aliphatic rings. The van der Waals surface area contributed by atoms with Gasteiger partial charge in [0.2, 0.25) is 0 Å². The molecule has 0 aliphatic carbocycles. The summed E-state index contributed by atoms with van der Waals surface area (Å²) in [6.45, 7) is 3.71. The van der Waals surface area contributed by atoms with Gasteiger partial charge in [-0.05, 0) is 20.3 Å². The lowest BCUT2D eigenvalue weighted by Gasteiger charge is -2.13. The Morgan fingerprint density at radius 2 is 2.33 bits per heavy atom. The Labute approximate surface area is 103 Å². The number of hydrogen-bond acceptors (Lipinski definition) is 6. The molecule has 0 bridgehead atoms. The van der Waals surface area contributed by atoms with E-state index in [4.69, 9.17) is 9.63 Å². The molecule has 96 valence electrons. The van der Waals surface area contributed by atoms with Gasteiger partial charge in [-0.25, -0.2) is 4.98 Å². The number of anilines is 1. The summed E-state index contributed by atoms with van der Waals surface area (Å²) in [6, 6.07) is -0.00602. The van der Waals surface area contributed by atoms with Crippen molar-refractivity contribution in [2.24, 2.45) is 0 Å². The molecule has 1 unspecified atom stereocenters. The normalized spacial score (nSPS) is 12.6. The molecule has 2 rings (SSSR count). The Kier molecular flexibility index (Phi) is 3.40. The molecule has 0 amide bonds. The molecule has 7 nitrogen and oxygen atoms in total. The van der Waals surface area contributed by atoms with Crippen LogP contribution in [0.1, 0.15) is 25.5 Å². The van der Waals surface area contributed by atoms with Crippen LogP contribution in [0.15, 0.2) is 10.9 Å². The summed E-state index contributed by atoms with van der Waals surface area (Å²) in [5.74, 6) is -0.186. The first-order chi connectivity index (χ1) is 8.58. The summed E-state index contributed by atoms with van der Waals surface area (Å²) in [5, 5.41) is 16.3. The van der Waals surface area contributed by atoms with Gasteiger partial charge in [-0.3, -0.25) is 4.79 Å². The van der Waals surface area contributed by atoms with Gasteiger partial charge >= 0.3 is 5.97 Å². The van der Waals surface area contributed by atoms with E-state index in [1.165, 1.54) is 6.33 Å². The molecule has 18 heavy (non-hydrogen) atoms. The van der Waals surface area contributed by atoms with Gasteiger partial charge in [0.05, 0.1) is 5.69 Å². The second kappa shape index (κ2) is 4.99. The Balaban J connectivity index is 2.16. The van der Waals surface area contributed by atoms with Gasteiger partial charge < -0.3 is 14.9 Å². The van der Waals surface area contributed by atoms with Crippen molar-refractivity contribution in [2.45, 2.75) is 32.7 Å². The minimum absolute atomic E-state index is 0.00602. The third-order valence-electron chi connectivity index (χ3n) is 2.62. The third-order valence-corrected chi connectivity index (χ3v) is 2.62. The van der Waals surface area contributed by atoms with Crippen LogP contribution in [0.2, 0.25) is 0 Å². The van der Waals surface area contributed by atoms with Gasteiger partial charge in [0.15, 0.2) is 0 Å². The quantitative estimate of drug-likeness (QED) is 0.830. The number of fused-ring (bicyclic) bond motifs is 1. The van der Waals surface area contributed by atoms with E-state index >= 15 is 0 Å². The first kappa shape index (κ1) is 12.3. The van der Waals surface area contributed by atoms with Gasteiger partial charge in [0, 0.05) is 12.5 Å². The summed E-state index contributed by atoms with van der Waals surface area (Å²) in [4.78, 5) is 18.6. The summed E-state index contributed by atoms with van der Waals surface area (Å²) in [7, 11) is 0. The van der Waals surface area contributed by atoms with Crippen molar-refractivity contribution >= 4 is 22.9 Å². The molecule has 0 spiro atoms. The van der Waals surface area contributed by atoms with Gasteiger partial charge in [-0.15, -0.1) is 0 Å². The monoisotopic (exact) mass is 250 g/mol. The van der Waals surface area contributed by atoms with Crippen LogP contribution in [0.5, 0.6) is 0 Å². The zero-order valence-corrected chi connectivity index (χ0v) is 10.2. The second-order valence-electron chi connectivity index (χ2n) is 4.15. The molecule has 2 heterocycles. The maximum Gasteiger partial charge on any atom is 0.303 e. The smallest absolute Gasteiger partial charge is 0.303 e. The minimum Gasteiger partial charge on any atom is -0.481 e. The molecular weight excluding hydrogens is 236 g/mol. The molecule has 0 saturated heterocycles. The van der Waals surface area contributed by atoms with Crippen molar-refractivity contribution in [3.63, 3.8) is 0 Å². The van der Waals surface area contributed by atoms with Crippen molar-refractivity contribution in [1.82, 2.24) is 15.1 Å². The van der Waals surface area contributed by atoms with Crippen LogP contribution in [0.3, 0.4) is 0 Å². The van der Waals surface area contributed by atoms with Crippen molar-refractivity contribution in [1.29, 1.82) is 0 Å². The standard InChI is InChI=1S/C11H14N4O3/c1-6(3-4-8(16)17)14-10-9-7(2)15-18-11(9)13-5-12-10/h5-6H,3-4H2,1-2H3,(H,16,17)(H,12,13,14). The van der Waals surface area contributed by atoms with Crippen LogP contribution >= 0.6 is 0 Å². The average Bonchev–Trinajstić information content (AvgIpc) is 2.70. The average molecular weight is 250 g/mol. The van der Waals surface area contributed by atoms with Gasteiger partial charge in [-0.1, -0.05) is 5.16 Å². The molecule has 0 radical (unpaired) electrons. The van der Waals surface area contributed by atoms with Crippen LogP contribution < -0.4 is 5.32 Å². The van der Waals surface area contributed by atoms with Crippen molar-refractivity contribution in [3.8, 4) is 0 Å². The maximum atomic E-state index is 10.5.